The zero-order valence-corrected chi connectivity index (χ0v) is 13.3. The van der Waals surface area contributed by atoms with E-state index in [0.717, 1.165) is 0 Å². The molecule has 0 radical (unpaired) electrons. The number of carbonyl (C=O) groups excluding carboxylic acids is 1. The Morgan fingerprint density at radius 2 is 2.00 bits per heavy atom. The number of carbonyl (C=O) groups is 2. The summed E-state index contributed by atoms with van der Waals surface area (Å²) in [6.45, 7) is -1.63. The minimum absolute atomic E-state index is 0.0260. The molecule has 0 aliphatic heterocycles. The maximum Gasteiger partial charge on any atom is 0.318 e. The molecule has 0 aliphatic carbocycles. The molecule has 0 fully saturated rings. The van der Waals surface area contributed by atoms with Crippen LogP contribution in [-0.4, -0.2) is 49.9 Å². The number of sulfonamides is 1. The van der Waals surface area contributed by atoms with Gasteiger partial charge in [-0.3, -0.25) is 9.59 Å². The van der Waals surface area contributed by atoms with E-state index in [4.69, 9.17) is 15.6 Å². The average molecular weight is 381 g/mol. The lowest BCUT2D eigenvalue weighted by Gasteiger charge is -2.20. The van der Waals surface area contributed by atoms with Gasteiger partial charge in [-0.2, -0.15) is 4.31 Å². The van der Waals surface area contributed by atoms with Gasteiger partial charge in [0.15, 0.2) is 0 Å². The molecule has 0 aliphatic rings. The number of hydrogen-bond donors (Lipinski definition) is 2. The Morgan fingerprint density at radius 3 is 2.48 bits per heavy atom. The summed E-state index contributed by atoms with van der Waals surface area (Å²) in [5, 5.41) is 8.79. The van der Waals surface area contributed by atoms with Crippen molar-refractivity contribution in [1.82, 2.24) is 4.31 Å². The first-order chi connectivity index (χ1) is 9.68. The minimum atomic E-state index is -4.26. The number of nitrogens with zero attached hydrogens (tertiary/aromatic N) is 1. The van der Waals surface area contributed by atoms with Crippen LogP contribution in [0.3, 0.4) is 0 Å². The summed E-state index contributed by atoms with van der Waals surface area (Å²) >= 11 is 3.12. The van der Waals surface area contributed by atoms with Gasteiger partial charge in [0.05, 0.1) is 13.7 Å². The Labute approximate surface area is 129 Å². The fourth-order valence-electron chi connectivity index (χ4n) is 1.54. The number of carboxylic acids is 1. The fraction of sp³-hybridized carbons (Fsp3) is 0.273. The second-order valence-electron chi connectivity index (χ2n) is 3.93. The number of nitrogens with two attached hydrogens (primary N) is 1. The molecule has 116 valence electrons. The zero-order chi connectivity index (χ0) is 16.2. The van der Waals surface area contributed by atoms with E-state index < -0.39 is 35.0 Å². The van der Waals surface area contributed by atoms with Crippen LogP contribution in [0.4, 0.5) is 0 Å². The first-order valence-electron chi connectivity index (χ1n) is 5.52. The monoisotopic (exact) mass is 380 g/mol. The lowest BCUT2D eigenvalue weighted by Crippen LogP contribution is -2.41. The molecule has 0 atom stereocenters. The van der Waals surface area contributed by atoms with E-state index in [9.17, 15) is 18.0 Å². The number of rotatable bonds is 7. The van der Waals surface area contributed by atoms with Crippen molar-refractivity contribution in [2.45, 2.75) is 4.90 Å². The van der Waals surface area contributed by atoms with Crippen LogP contribution in [0.5, 0.6) is 5.75 Å². The van der Waals surface area contributed by atoms with Crippen LogP contribution in [0.1, 0.15) is 0 Å². The van der Waals surface area contributed by atoms with Gasteiger partial charge in [0.2, 0.25) is 15.9 Å². The van der Waals surface area contributed by atoms with Crippen molar-refractivity contribution in [3.05, 3.63) is 22.7 Å². The van der Waals surface area contributed by atoms with Crippen LogP contribution >= 0.6 is 15.9 Å². The van der Waals surface area contributed by atoms with E-state index in [2.05, 4.69) is 15.9 Å². The molecule has 0 heterocycles. The molecule has 0 bridgehead atoms. The second-order valence-corrected chi connectivity index (χ2v) is 6.75. The highest BCUT2D eigenvalue weighted by Gasteiger charge is 2.30. The van der Waals surface area contributed by atoms with Crippen molar-refractivity contribution in [2.75, 3.05) is 20.2 Å². The molecule has 0 aromatic heterocycles. The highest BCUT2D eigenvalue weighted by molar-refractivity contribution is 9.10. The van der Waals surface area contributed by atoms with Crippen molar-refractivity contribution < 1.29 is 27.9 Å². The zero-order valence-electron chi connectivity index (χ0n) is 10.9. The number of amides is 1. The van der Waals surface area contributed by atoms with Gasteiger partial charge in [0.25, 0.3) is 0 Å². The lowest BCUT2D eigenvalue weighted by molar-refractivity contribution is -0.137. The quantitative estimate of drug-likeness (QED) is 0.686. The third-order valence-corrected chi connectivity index (χ3v) is 4.69. The largest absolute Gasteiger partial charge is 0.495 e. The van der Waals surface area contributed by atoms with E-state index in [1.807, 2.05) is 0 Å². The van der Waals surface area contributed by atoms with Gasteiger partial charge in [0.1, 0.15) is 17.2 Å². The number of methoxy groups -OCH3 is 1. The van der Waals surface area contributed by atoms with Gasteiger partial charge in [0, 0.05) is 4.47 Å². The summed E-state index contributed by atoms with van der Waals surface area (Å²) in [5.41, 5.74) is 4.97. The summed E-state index contributed by atoms with van der Waals surface area (Å²) in [4.78, 5) is 21.5. The maximum atomic E-state index is 12.5. The average Bonchev–Trinajstić information content (AvgIpc) is 2.36. The third-order valence-electron chi connectivity index (χ3n) is 2.39. The van der Waals surface area contributed by atoms with Crippen molar-refractivity contribution in [3.63, 3.8) is 0 Å². The van der Waals surface area contributed by atoms with E-state index in [1.165, 1.54) is 19.2 Å². The normalized spacial score (nSPS) is 11.4. The second kappa shape index (κ2) is 6.87. The molecule has 8 nitrogen and oxygen atoms in total. The molecule has 0 saturated carbocycles. The number of ether oxygens (including phenoxy) is 1. The molecular weight excluding hydrogens is 368 g/mol. The number of primary amides is 1. The van der Waals surface area contributed by atoms with E-state index in [-0.39, 0.29) is 10.6 Å². The Morgan fingerprint density at radius 1 is 1.38 bits per heavy atom. The standard InChI is InChI=1S/C11H13BrN2O6S/c1-20-8-3-2-7(12)4-9(8)21(18,19)14(5-10(13)15)6-11(16)17/h2-4H,5-6H2,1H3,(H2,13,15)(H,16,17). The highest BCUT2D eigenvalue weighted by Crippen LogP contribution is 2.29. The molecule has 10 heteroatoms. The number of halogens is 1. The van der Waals surface area contributed by atoms with Crippen molar-refractivity contribution >= 4 is 37.8 Å². The number of benzene rings is 1. The maximum absolute atomic E-state index is 12.5. The molecule has 0 spiro atoms. The Hall–Kier alpha value is -1.65. The lowest BCUT2D eigenvalue weighted by atomic mass is 10.3. The van der Waals surface area contributed by atoms with Gasteiger partial charge >= 0.3 is 5.97 Å². The predicted molar refractivity (Wildman–Crippen MR) is 76.3 cm³/mol. The van der Waals surface area contributed by atoms with E-state index >= 15 is 0 Å². The van der Waals surface area contributed by atoms with Crippen LogP contribution in [0, 0.1) is 0 Å². The molecule has 3 N–H and O–H groups in total. The van der Waals surface area contributed by atoms with Crippen molar-refractivity contribution in [3.8, 4) is 5.75 Å². The van der Waals surface area contributed by atoms with Gasteiger partial charge in [-0.25, -0.2) is 8.42 Å². The van der Waals surface area contributed by atoms with E-state index in [1.54, 1.807) is 6.07 Å². The Balaban J connectivity index is 3.37. The van der Waals surface area contributed by atoms with Crippen LogP contribution < -0.4 is 10.5 Å². The van der Waals surface area contributed by atoms with Crippen LogP contribution in [0.15, 0.2) is 27.6 Å². The fourth-order valence-corrected chi connectivity index (χ4v) is 3.59. The summed E-state index contributed by atoms with van der Waals surface area (Å²) in [7, 11) is -2.98. The molecule has 21 heavy (non-hydrogen) atoms. The first-order valence-corrected chi connectivity index (χ1v) is 7.75. The van der Waals surface area contributed by atoms with Crippen LogP contribution in [-0.2, 0) is 19.6 Å². The SMILES string of the molecule is COc1ccc(Br)cc1S(=O)(=O)N(CC(N)=O)CC(=O)O. The number of aliphatic carboxylic acids is 1. The third kappa shape index (κ3) is 4.41. The molecule has 1 rings (SSSR count). The first kappa shape index (κ1) is 17.4. The van der Waals surface area contributed by atoms with Gasteiger partial charge < -0.3 is 15.6 Å². The molecule has 0 saturated heterocycles. The topological polar surface area (TPSA) is 127 Å². The van der Waals surface area contributed by atoms with Crippen molar-refractivity contribution in [2.24, 2.45) is 5.73 Å². The summed E-state index contributed by atoms with van der Waals surface area (Å²) in [5.74, 6) is -2.35. The number of carboxylic acid groups (broad SMARTS) is 1. The van der Waals surface area contributed by atoms with Gasteiger partial charge in [-0.05, 0) is 18.2 Å². The highest BCUT2D eigenvalue weighted by atomic mass is 79.9. The Kier molecular flexibility index (Phi) is 5.70. The van der Waals surface area contributed by atoms with Gasteiger partial charge in [-0.15, -0.1) is 0 Å². The predicted octanol–water partition coefficient (Wildman–Crippen LogP) is 0.0183. The molecular formula is C11H13BrN2O6S. The van der Waals surface area contributed by atoms with Crippen LogP contribution in [0.2, 0.25) is 0 Å². The van der Waals surface area contributed by atoms with Crippen LogP contribution in [0.25, 0.3) is 0 Å². The van der Waals surface area contributed by atoms with Gasteiger partial charge in [-0.1, -0.05) is 15.9 Å². The minimum Gasteiger partial charge on any atom is -0.495 e. The molecule has 1 aromatic carbocycles. The van der Waals surface area contributed by atoms with E-state index in [0.29, 0.717) is 8.78 Å². The smallest absolute Gasteiger partial charge is 0.318 e. The Bertz CT molecular complexity index is 645. The summed E-state index contributed by atoms with van der Waals surface area (Å²) in [6, 6.07) is 4.22. The molecule has 1 amide bonds. The number of hydrogen-bond acceptors (Lipinski definition) is 5. The summed E-state index contributed by atoms with van der Waals surface area (Å²) < 4.78 is 30.9. The molecule has 1 aromatic rings. The molecule has 0 unspecified atom stereocenters. The van der Waals surface area contributed by atoms with Crippen molar-refractivity contribution in [1.29, 1.82) is 0 Å². The summed E-state index contributed by atoms with van der Waals surface area (Å²) in [6.07, 6.45) is 0.